The molecule has 0 radical (unpaired) electrons. The summed E-state index contributed by atoms with van der Waals surface area (Å²) in [4.78, 5) is 10.3. The lowest BCUT2D eigenvalue weighted by molar-refractivity contribution is -0.105. The van der Waals surface area contributed by atoms with Crippen molar-refractivity contribution in [3.63, 3.8) is 0 Å². The molecule has 0 spiro atoms. The van der Waals surface area contributed by atoms with Gasteiger partial charge in [0.2, 0.25) is 0 Å². The minimum atomic E-state index is -1.45. The highest BCUT2D eigenvalue weighted by Crippen LogP contribution is 2.15. The first-order valence-corrected chi connectivity index (χ1v) is 3.46. The van der Waals surface area contributed by atoms with Gasteiger partial charge < -0.3 is 10.0 Å². The molecular formula is C7H9BO3. The van der Waals surface area contributed by atoms with Crippen LogP contribution < -0.4 is 0 Å². The molecule has 4 heteroatoms. The maximum absolute atomic E-state index is 10.3. The second kappa shape index (κ2) is 3.50. The molecule has 0 saturated carbocycles. The summed E-state index contributed by atoms with van der Waals surface area (Å²) >= 11 is 0. The molecule has 0 saturated heterocycles. The number of rotatable bonds is 2. The Morgan fingerprint density at radius 1 is 1.55 bits per heavy atom. The Balaban J connectivity index is 2.75. The van der Waals surface area contributed by atoms with Gasteiger partial charge in [-0.2, -0.15) is 0 Å². The van der Waals surface area contributed by atoms with Crippen LogP contribution in [0.4, 0.5) is 0 Å². The lowest BCUT2D eigenvalue weighted by atomic mass is 9.75. The topological polar surface area (TPSA) is 57.5 Å². The van der Waals surface area contributed by atoms with Crippen molar-refractivity contribution in [3.8, 4) is 0 Å². The summed E-state index contributed by atoms with van der Waals surface area (Å²) in [5.74, 6) is 0. The number of hydrogen-bond acceptors (Lipinski definition) is 3. The molecule has 0 aromatic rings. The molecule has 0 aromatic heterocycles. The predicted octanol–water partition coefficient (Wildman–Crippen LogP) is -0.156. The van der Waals surface area contributed by atoms with Crippen LogP contribution in [0.5, 0.6) is 0 Å². The van der Waals surface area contributed by atoms with Crippen LogP contribution in [0.25, 0.3) is 0 Å². The average Bonchev–Trinajstić information content (AvgIpc) is 2.05. The minimum absolute atomic E-state index is 0.415. The van der Waals surface area contributed by atoms with Gasteiger partial charge in [0.25, 0.3) is 0 Å². The van der Waals surface area contributed by atoms with Crippen LogP contribution in [0.2, 0.25) is 0 Å². The Bertz CT molecular complexity index is 218. The fourth-order valence-electron chi connectivity index (χ4n) is 1.02. The van der Waals surface area contributed by atoms with E-state index in [9.17, 15) is 4.79 Å². The van der Waals surface area contributed by atoms with Crippen LogP contribution in [-0.2, 0) is 4.79 Å². The Morgan fingerprint density at radius 3 is 2.82 bits per heavy atom. The van der Waals surface area contributed by atoms with Crippen molar-refractivity contribution in [1.82, 2.24) is 0 Å². The number of aldehydes is 1. The molecule has 0 fully saturated rings. The highest BCUT2D eigenvalue weighted by Gasteiger charge is 2.15. The molecule has 11 heavy (non-hydrogen) atoms. The largest absolute Gasteiger partial charge is 0.488 e. The fourth-order valence-corrected chi connectivity index (χ4v) is 1.02. The molecule has 3 nitrogen and oxygen atoms in total. The van der Waals surface area contributed by atoms with Crippen molar-refractivity contribution >= 4 is 13.4 Å². The molecule has 0 aliphatic heterocycles. The van der Waals surface area contributed by atoms with Crippen molar-refractivity contribution < 1.29 is 14.8 Å². The van der Waals surface area contributed by atoms with E-state index in [-0.39, 0.29) is 0 Å². The molecular weight excluding hydrogens is 143 g/mol. The van der Waals surface area contributed by atoms with Crippen molar-refractivity contribution in [2.45, 2.75) is 12.8 Å². The first-order chi connectivity index (χ1) is 5.24. The summed E-state index contributed by atoms with van der Waals surface area (Å²) in [6, 6.07) is 0. The van der Waals surface area contributed by atoms with Gasteiger partial charge in [-0.25, -0.2) is 0 Å². The molecule has 0 atom stereocenters. The normalized spacial score (nSPS) is 16.9. The third-order valence-electron chi connectivity index (χ3n) is 1.61. The smallest absolute Gasteiger partial charge is 0.423 e. The Morgan fingerprint density at radius 2 is 2.27 bits per heavy atom. The highest BCUT2D eigenvalue weighted by atomic mass is 16.4. The van der Waals surface area contributed by atoms with Gasteiger partial charge in [0.05, 0.1) is 0 Å². The maximum atomic E-state index is 10.3. The second-order valence-corrected chi connectivity index (χ2v) is 2.45. The number of carbonyl (C=O) groups is 1. The lowest BCUT2D eigenvalue weighted by Crippen LogP contribution is -2.15. The van der Waals surface area contributed by atoms with E-state index >= 15 is 0 Å². The van der Waals surface area contributed by atoms with Gasteiger partial charge in [0.15, 0.2) is 0 Å². The van der Waals surface area contributed by atoms with Crippen molar-refractivity contribution in [1.29, 1.82) is 0 Å². The summed E-state index contributed by atoms with van der Waals surface area (Å²) in [7, 11) is -1.45. The monoisotopic (exact) mass is 152 g/mol. The third kappa shape index (κ3) is 2.03. The summed E-state index contributed by atoms with van der Waals surface area (Å²) in [5.41, 5.74) is 1.04. The van der Waals surface area contributed by atoms with E-state index in [0.717, 1.165) is 6.29 Å². The van der Waals surface area contributed by atoms with E-state index in [1.165, 1.54) is 6.08 Å². The summed E-state index contributed by atoms with van der Waals surface area (Å²) in [5, 5.41) is 17.4. The summed E-state index contributed by atoms with van der Waals surface area (Å²) in [6.07, 6.45) is 5.38. The van der Waals surface area contributed by atoms with Gasteiger partial charge in [-0.3, -0.25) is 4.79 Å². The Labute approximate surface area is 65.2 Å². The number of allylic oxidation sites excluding steroid dienone is 4. The quantitative estimate of drug-likeness (QED) is 0.427. The highest BCUT2D eigenvalue weighted by molar-refractivity contribution is 6.51. The molecule has 0 bridgehead atoms. The zero-order valence-corrected chi connectivity index (χ0v) is 6.03. The van der Waals surface area contributed by atoms with E-state index in [2.05, 4.69) is 0 Å². The predicted molar refractivity (Wildman–Crippen MR) is 41.7 cm³/mol. The lowest BCUT2D eigenvalue weighted by Gasteiger charge is -2.07. The first kappa shape index (κ1) is 8.23. The molecule has 1 aliphatic rings. The number of carbonyl (C=O) groups excluding carboxylic acids is 1. The van der Waals surface area contributed by atoms with Gasteiger partial charge in [0.1, 0.15) is 6.29 Å². The molecule has 58 valence electrons. The van der Waals surface area contributed by atoms with E-state index in [4.69, 9.17) is 10.0 Å². The van der Waals surface area contributed by atoms with Crippen molar-refractivity contribution in [3.05, 3.63) is 23.2 Å². The molecule has 2 N–H and O–H groups in total. The van der Waals surface area contributed by atoms with Gasteiger partial charge in [-0.05, 0) is 23.9 Å². The second-order valence-electron chi connectivity index (χ2n) is 2.45. The Kier molecular flexibility index (Phi) is 2.62. The van der Waals surface area contributed by atoms with E-state index < -0.39 is 7.12 Å². The average molecular weight is 152 g/mol. The van der Waals surface area contributed by atoms with Gasteiger partial charge >= 0.3 is 7.12 Å². The molecule has 0 aromatic carbocycles. The molecule has 0 heterocycles. The van der Waals surface area contributed by atoms with Crippen molar-refractivity contribution in [2.75, 3.05) is 0 Å². The van der Waals surface area contributed by atoms with Crippen LogP contribution in [0.15, 0.2) is 23.2 Å². The van der Waals surface area contributed by atoms with Crippen LogP contribution in [0.3, 0.4) is 0 Å². The van der Waals surface area contributed by atoms with E-state index in [1.54, 1.807) is 6.08 Å². The standard InChI is InChI=1S/C7H9BO3/c9-5-6-2-1-3-7(4-6)8(10)11/h3-5,10-11H,1-2H2. The van der Waals surface area contributed by atoms with E-state index in [1.807, 2.05) is 0 Å². The fraction of sp³-hybridized carbons (Fsp3) is 0.286. The molecule has 0 unspecified atom stereocenters. The summed E-state index contributed by atoms with van der Waals surface area (Å²) < 4.78 is 0. The van der Waals surface area contributed by atoms with Gasteiger partial charge in [0, 0.05) is 0 Å². The molecule has 1 aliphatic carbocycles. The van der Waals surface area contributed by atoms with Crippen LogP contribution in [0, 0.1) is 0 Å². The van der Waals surface area contributed by atoms with Gasteiger partial charge in [-0.15, -0.1) is 0 Å². The Hall–Kier alpha value is -0.865. The molecule has 0 amide bonds. The maximum Gasteiger partial charge on any atom is 0.488 e. The zero-order chi connectivity index (χ0) is 8.27. The van der Waals surface area contributed by atoms with Crippen LogP contribution >= 0.6 is 0 Å². The SMILES string of the molecule is O=CC1=CC(B(O)O)=CCC1. The van der Waals surface area contributed by atoms with E-state index in [0.29, 0.717) is 23.9 Å². The first-order valence-electron chi connectivity index (χ1n) is 3.46. The minimum Gasteiger partial charge on any atom is -0.423 e. The van der Waals surface area contributed by atoms with Crippen LogP contribution in [0.1, 0.15) is 12.8 Å². The van der Waals surface area contributed by atoms with Crippen molar-refractivity contribution in [2.24, 2.45) is 0 Å². The zero-order valence-electron chi connectivity index (χ0n) is 6.03. The number of hydrogen-bond donors (Lipinski definition) is 2. The third-order valence-corrected chi connectivity index (χ3v) is 1.61. The molecule has 1 rings (SSSR count). The summed E-state index contributed by atoms with van der Waals surface area (Å²) in [6.45, 7) is 0. The van der Waals surface area contributed by atoms with Gasteiger partial charge in [-0.1, -0.05) is 12.2 Å². The van der Waals surface area contributed by atoms with Crippen LogP contribution in [-0.4, -0.2) is 23.5 Å².